The number of hydrogen-bond acceptors (Lipinski definition) is 3. The number of carbonyl (C=O) groups excluding carboxylic acids is 2. The molecule has 2 N–H and O–H groups in total. The quantitative estimate of drug-likeness (QED) is 0.710. The van der Waals surface area contributed by atoms with Crippen LogP contribution in [0.4, 0.5) is 0 Å². The van der Waals surface area contributed by atoms with Gasteiger partial charge in [-0.05, 0) is 18.8 Å². The number of ether oxygens (including phenoxy) is 1. The van der Waals surface area contributed by atoms with Gasteiger partial charge in [0.05, 0.1) is 12.6 Å². The average Bonchev–Trinajstić information content (AvgIpc) is 2.75. The Morgan fingerprint density at radius 1 is 1.29 bits per heavy atom. The average molecular weight is 242 g/mol. The van der Waals surface area contributed by atoms with Crippen LogP contribution in [0, 0.1) is 5.92 Å². The van der Waals surface area contributed by atoms with Crippen molar-refractivity contribution in [2.75, 3.05) is 19.7 Å². The van der Waals surface area contributed by atoms with E-state index in [2.05, 4.69) is 10.6 Å². The van der Waals surface area contributed by atoms with Gasteiger partial charge in [-0.15, -0.1) is 0 Å². The molecule has 0 bridgehead atoms. The summed E-state index contributed by atoms with van der Waals surface area (Å²) in [6.07, 6.45) is 2.66. The lowest BCUT2D eigenvalue weighted by Gasteiger charge is -2.11. The van der Waals surface area contributed by atoms with Gasteiger partial charge in [0.1, 0.15) is 0 Å². The van der Waals surface area contributed by atoms with Crippen molar-refractivity contribution in [1.29, 1.82) is 0 Å². The molecule has 0 radical (unpaired) electrons. The molecule has 1 heterocycles. The normalized spacial score (nSPS) is 19.4. The molecule has 1 unspecified atom stereocenters. The Morgan fingerprint density at radius 2 is 2.06 bits per heavy atom. The highest BCUT2D eigenvalue weighted by molar-refractivity contribution is 5.84. The first-order valence-electron chi connectivity index (χ1n) is 6.23. The zero-order valence-electron chi connectivity index (χ0n) is 10.6. The molecule has 0 saturated carbocycles. The van der Waals surface area contributed by atoms with Gasteiger partial charge in [-0.25, -0.2) is 0 Å². The minimum absolute atomic E-state index is 0.0538. The Labute approximate surface area is 102 Å². The predicted molar refractivity (Wildman–Crippen MR) is 64.4 cm³/mol. The second-order valence-corrected chi connectivity index (χ2v) is 4.81. The Bertz CT molecular complexity index is 260. The molecule has 17 heavy (non-hydrogen) atoms. The van der Waals surface area contributed by atoms with Crippen molar-refractivity contribution in [1.82, 2.24) is 10.6 Å². The molecule has 1 rings (SSSR count). The summed E-state index contributed by atoms with van der Waals surface area (Å²) in [5.74, 6) is 0.0785. The van der Waals surface area contributed by atoms with Crippen LogP contribution in [0.1, 0.15) is 33.1 Å². The van der Waals surface area contributed by atoms with E-state index in [-0.39, 0.29) is 24.5 Å². The Balaban J connectivity index is 2.06. The standard InChI is InChI=1S/C12H22N2O3/c1-9(2)6-11(15)14-8-12(16)13-7-10-4-3-5-17-10/h9-10H,3-8H2,1-2H3,(H,13,16)(H,14,15). The number of carbonyl (C=O) groups is 2. The van der Waals surface area contributed by atoms with Crippen LogP contribution in [0.5, 0.6) is 0 Å². The van der Waals surface area contributed by atoms with Crippen molar-refractivity contribution in [2.45, 2.75) is 39.2 Å². The molecule has 1 fully saturated rings. The molecule has 1 saturated heterocycles. The largest absolute Gasteiger partial charge is 0.376 e. The third kappa shape index (κ3) is 6.26. The fraction of sp³-hybridized carbons (Fsp3) is 0.833. The fourth-order valence-corrected chi connectivity index (χ4v) is 1.72. The molecular formula is C12H22N2O3. The SMILES string of the molecule is CC(C)CC(=O)NCC(=O)NCC1CCCO1. The predicted octanol–water partition coefficient (Wildman–Crippen LogP) is 0.444. The Hall–Kier alpha value is -1.10. The highest BCUT2D eigenvalue weighted by Gasteiger charge is 2.16. The highest BCUT2D eigenvalue weighted by Crippen LogP contribution is 2.10. The third-order valence-corrected chi connectivity index (χ3v) is 2.59. The molecule has 0 aromatic rings. The molecule has 0 spiro atoms. The summed E-state index contributed by atoms with van der Waals surface area (Å²) in [4.78, 5) is 22.7. The van der Waals surface area contributed by atoms with Crippen molar-refractivity contribution < 1.29 is 14.3 Å². The van der Waals surface area contributed by atoms with E-state index in [0.29, 0.717) is 18.9 Å². The molecule has 2 amide bonds. The maximum Gasteiger partial charge on any atom is 0.239 e. The maximum absolute atomic E-state index is 11.4. The van der Waals surface area contributed by atoms with E-state index in [0.717, 1.165) is 19.4 Å². The first-order chi connectivity index (χ1) is 8.08. The van der Waals surface area contributed by atoms with Crippen LogP contribution in [-0.4, -0.2) is 37.6 Å². The number of amides is 2. The zero-order chi connectivity index (χ0) is 12.7. The maximum atomic E-state index is 11.4. The smallest absolute Gasteiger partial charge is 0.239 e. The van der Waals surface area contributed by atoms with Gasteiger partial charge in [0, 0.05) is 19.6 Å². The molecule has 5 heteroatoms. The van der Waals surface area contributed by atoms with E-state index in [1.54, 1.807) is 0 Å². The minimum atomic E-state index is -0.155. The van der Waals surface area contributed by atoms with Gasteiger partial charge in [-0.3, -0.25) is 9.59 Å². The lowest BCUT2D eigenvalue weighted by molar-refractivity contribution is -0.126. The summed E-state index contributed by atoms with van der Waals surface area (Å²) in [5.41, 5.74) is 0. The van der Waals surface area contributed by atoms with Gasteiger partial charge >= 0.3 is 0 Å². The summed E-state index contributed by atoms with van der Waals surface area (Å²) < 4.78 is 5.38. The fourth-order valence-electron chi connectivity index (χ4n) is 1.72. The molecule has 98 valence electrons. The lowest BCUT2D eigenvalue weighted by Crippen LogP contribution is -2.40. The van der Waals surface area contributed by atoms with Gasteiger partial charge < -0.3 is 15.4 Å². The minimum Gasteiger partial charge on any atom is -0.376 e. The van der Waals surface area contributed by atoms with Crippen LogP contribution in [-0.2, 0) is 14.3 Å². The lowest BCUT2D eigenvalue weighted by atomic mass is 10.1. The van der Waals surface area contributed by atoms with Crippen molar-refractivity contribution in [3.63, 3.8) is 0 Å². The van der Waals surface area contributed by atoms with Gasteiger partial charge in [0.25, 0.3) is 0 Å². The van der Waals surface area contributed by atoms with Crippen LogP contribution < -0.4 is 10.6 Å². The van der Waals surface area contributed by atoms with E-state index >= 15 is 0 Å². The van der Waals surface area contributed by atoms with Gasteiger partial charge in [0.2, 0.25) is 11.8 Å². The molecule has 1 atom stereocenters. The van der Waals surface area contributed by atoms with Crippen molar-refractivity contribution in [3.05, 3.63) is 0 Å². The van der Waals surface area contributed by atoms with E-state index in [1.807, 2.05) is 13.8 Å². The topological polar surface area (TPSA) is 67.4 Å². The van der Waals surface area contributed by atoms with Crippen LogP contribution >= 0.6 is 0 Å². The Morgan fingerprint density at radius 3 is 2.65 bits per heavy atom. The number of rotatable bonds is 6. The third-order valence-electron chi connectivity index (χ3n) is 2.59. The van der Waals surface area contributed by atoms with Crippen LogP contribution in [0.25, 0.3) is 0 Å². The summed E-state index contributed by atoms with van der Waals surface area (Å²) in [7, 11) is 0. The summed E-state index contributed by atoms with van der Waals surface area (Å²) in [6.45, 7) is 5.32. The molecular weight excluding hydrogens is 220 g/mol. The first-order valence-corrected chi connectivity index (χ1v) is 6.23. The van der Waals surface area contributed by atoms with Crippen molar-refractivity contribution in [3.8, 4) is 0 Å². The molecule has 5 nitrogen and oxygen atoms in total. The summed E-state index contributed by atoms with van der Waals surface area (Å²) >= 11 is 0. The zero-order valence-corrected chi connectivity index (χ0v) is 10.6. The Kier molecular flexibility index (Phi) is 5.97. The number of nitrogens with one attached hydrogen (secondary N) is 2. The second kappa shape index (κ2) is 7.27. The molecule has 1 aliphatic heterocycles. The van der Waals surface area contributed by atoms with E-state index in [1.165, 1.54) is 0 Å². The molecule has 0 aromatic heterocycles. The van der Waals surface area contributed by atoms with Gasteiger partial charge in [0.15, 0.2) is 0 Å². The molecule has 0 aliphatic carbocycles. The van der Waals surface area contributed by atoms with E-state index in [9.17, 15) is 9.59 Å². The van der Waals surface area contributed by atoms with Crippen molar-refractivity contribution >= 4 is 11.8 Å². The van der Waals surface area contributed by atoms with Crippen molar-refractivity contribution in [2.24, 2.45) is 5.92 Å². The first kappa shape index (κ1) is 14.0. The van der Waals surface area contributed by atoms with E-state index < -0.39 is 0 Å². The number of hydrogen-bond donors (Lipinski definition) is 2. The van der Waals surface area contributed by atoms with Crippen LogP contribution in [0.2, 0.25) is 0 Å². The van der Waals surface area contributed by atoms with Crippen LogP contribution in [0.15, 0.2) is 0 Å². The monoisotopic (exact) mass is 242 g/mol. The second-order valence-electron chi connectivity index (χ2n) is 4.81. The van der Waals surface area contributed by atoms with Crippen LogP contribution in [0.3, 0.4) is 0 Å². The molecule has 1 aliphatic rings. The van der Waals surface area contributed by atoms with Gasteiger partial charge in [-0.1, -0.05) is 13.8 Å². The summed E-state index contributed by atoms with van der Waals surface area (Å²) in [5, 5.41) is 5.35. The summed E-state index contributed by atoms with van der Waals surface area (Å²) in [6, 6.07) is 0. The van der Waals surface area contributed by atoms with E-state index in [4.69, 9.17) is 4.74 Å². The highest BCUT2D eigenvalue weighted by atomic mass is 16.5. The van der Waals surface area contributed by atoms with Gasteiger partial charge in [-0.2, -0.15) is 0 Å². The molecule has 0 aromatic carbocycles.